The number of aromatic hydroxyl groups is 1. The molecule has 0 aliphatic carbocycles. The highest BCUT2D eigenvalue weighted by molar-refractivity contribution is 5.98. The van der Waals surface area contributed by atoms with E-state index in [1.54, 1.807) is 19.1 Å². The largest absolute Gasteiger partial charge is 0.508 e. The summed E-state index contributed by atoms with van der Waals surface area (Å²) < 4.78 is 0. The molecular formula is C13H14N2O3. The third kappa shape index (κ3) is 2.20. The first kappa shape index (κ1) is 12.2. The number of phenols is 1. The van der Waals surface area contributed by atoms with Crippen LogP contribution in [-0.4, -0.2) is 16.9 Å². The summed E-state index contributed by atoms with van der Waals surface area (Å²) in [6, 6.07) is 5.62. The zero-order valence-corrected chi connectivity index (χ0v) is 10.2. The average Bonchev–Trinajstić information content (AvgIpc) is 2.27. The molecule has 0 saturated carbocycles. The molecule has 0 fully saturated rings. The van der Waals surface area contributed by atoms with Crippen LogP contribution >= 0.6 is 0 Å². The Morgan fingerprint density at radius 2 is 2.11 bits per heavy atom. The molecule has 1 aromatic carbocycles. The standard InChI is InChI=1S/C13H14N2O3/c1-7-11(8(2)16)12(15-13(18)14-7)9-4-3-5-10(17)6-9/h3-6,12,17H,1-2H3,(H2,14,15,18)/t12-/m0/s1. The van der Waals surface area contributed by atoms with Crippen LogP contribution in [0, 0.1) is 0 Å². The molecule has 0 saturated heterocycles. The van der Waals surface area contributed by atoms with Gasteiger partial charge in [-0.3, -0.25) is 4.79 Å². The second kappa shape index (κ2) is 4.52. The fourth-order valence-electron chi connectivity index (χ4n) is 2.12. The molecule has 1 aliphatic heterocycles. The monoisotopic (exact) mass is 246 g/mol. The van der Waals surface area contributed by atoms with Crippen LogP contribution in [0.4, 0.5) is 4.79 Å². The topological polar surface area (TPSA) is 78.4 Å². The number of allylic oxidation sites excluding steroid dienone is 1. The van der Waals surface area contributed by atoms with Gasteiger partial charge in [0.15, 0.2) is 5.78 Å². The summed E-state index contributed by atoms with van der Waals surface area (Å²) in [6.07, 6.45) is 0. The van der Waals surface area contributed by atoms with Gasteiger partial charge in [-0.25, -0.2) is 4.79 Å². The molecule has 0 aromatic heterocycles. The lowest BCUT2D eigenvalue weighted by molar-refractivity contribution is -0.114. The first-order valence-corrected chi connectivity index (χ1v) is 5.57. The van der Waals surface area contributed by atoms with Crippen molar-refractivity contribution in [2.75, 3.05) is 0 Å². The number of hydrogen-bond donors (Lipinski definition) is 3. The number of nitrogens with one attached hydrogen (secondary N) is 2. The predicted molar refractivity (Wildman–Crippen MR) is 65.9 cm³/mol. The van der Waals surface area contributed by atoms with Gasteiger partial charge >= 0.3 is 6.03 Å². The molecule has 1 aliphatic rings. The van der Waals surface area contributed by atoms with Gasteiger partial charge in [-0.1, -0.05) is 12.1 Å². The zero-order valence-electron chi connectivity index (χ0n) is 10.2. The number of amides is 2. The van der Waals surface area contributed by atoms with Crippen LogP contribution in [0.5, 0.6) is 5.75 Å². The molecule has 5 nitrogen and oxygen atoms in total. The van der Waals surface area contributed by atoms with E-state index in [4.69, 9.17) is 0 Å². The summed E-state index contributed by atoms with van der Waals surface area (Å²) in [5.41, 5.74) is 1.72. The van der Waals surface area contributed by atoms with Gasteiger partial charge in [-0.05, 0) is 31.5 Å². The van der Waals surface area contributed by atoms with Gasteiger partial charge < -0.3 is 15.7 Å². The molecular weight excluding hydrogens is 232 g/mol. The summed E-state index contributed by atoms with van der Waals surface area (Å²) in [5.74, 6) is -0.0193. The van der Waals surface area contributed by atoms with E-state index in [0.717, 1.165) is 0 Å². The SMILES string of the molecule is CC(=O)C1=C(C)NC(=O)N[C@H]1c1cccc(O)c1. The Balaban J connectivity index is 2.50. The Kier molecular flexibility index (Phi) is 3.06. The molecule has 5 heteroatoms. The fraction of sp³-hybridized carbons (Fsp3) is 0.231. The normalized spacial score (nSPS) is 19.2. The van der Waals surface area contributed by atoms with Gasteiger partial charge in [0, 0.05) is 11.3 Å². The van der Waals surface area contributed by atoms with E-state index >= 15 is 0 Å². The van der Waals surface area contributed by atoms with Gasteiger partial charge in [-0.2, -0.15) is 0 Å². The number of carbonyl (C=O) groups is 2. The molecule has 18 heavy (non-hydrogen) atoms. The smallest absolute Gasteiger partial charge is 0.319 e. The number of ketones is 1. The van der Waals surface area contributed by atoms with Crippen molar-refractivity contribution in [3.63, 3.8) is 0 Å². The maximum Gasteiger partial charge on any atom is 0.319 e. The third-order valence-corrected chi connectivity index (χ3v) is 2.85. The number of hydrogen-bond acceptors (Lipinski definition) is 3. The molecule has 1 aromatic rings. The van der Waals surface area contributed by atoms with E-state index < -0.39 is 6.04 Å². The minimum atomic E-state index is -0.525. The maximum atomic E-state index is 11.7. The summed E-state index contributed by atoms with van der Waals surface area (Å²) >= 11 is 0. The van der Waals surface area contributed by atoms with Crippen molar-refractivity contribution in [1.82, 2.24) is 10.6 Å². The minimum Gasteiger partial charge on any atom is -0.508 e. The summed E-state index contributed by atoms with van der Waals surface area (Å²) in [5, 5.41) is 14.7. The van der Waals surface area contributed by atoms with Gasteiger partial charge in [0.05, 0.1) is 6.04 Å². The molecule has 0 radical (unpaired) electrons. The Morgan fingerprint density at radius 1 is 1.39 bits per heavy atom. The van der Waals surface area contributed by atoms with E-state index in [0.29, 0.717) is 16.8 Å². The lowest BCUT2D eigenvalue weighted by atomic mass is 9.93. The summed E-state index contributed by atoms with van der Waals surface area (Å²) in [7, 11) is 0. The van der Waals surface area contributed by atoms with Crippen molar-refractivity contribution in [2.24, 2.45) is 0 Å². The summed E-state index contributed by atoms with van der Waals surface area (Å²) in [4.78, 5) is 23.2. The van der Waals surface area contributed by atoms with E-state index in [9.17, 15) is 14.7 Å². The highest BCUT2D eigenvalue weighted by Crippen LogP contribution is 2.28. The Labute approximate surface area is 105 Å². The Morgan fingerprint density at radius 3 is 2.72 bits per heavy atom. The lowest BCUT2D eigenvalue weighted by Gasteiger charge is -2.28. The predicted octanol–water partition coefficient (Wildman–Crippen LogP) is 1.61. The van der Waals surface area contributed by atoms with Crippen LogP contribution < -0.4 is 10.6 Å². The molecule has 2 amide bonds. The number of Topliss-reactive ketones (excluding diaryl/α,β-unsaturated/α-hetero) is 1. The highest BCUT2D eigenvalue weighted by Gasteiger charge is 2.29. The number of benzene rings is 1. The summed E-state index contributed by atoms with van der Waals surface area (Å²) in [6.45, 7) is 3.14. The van der Waals surface area contributed by atoms with Crippen molar-refractivity contribution in [2.45, 2.75) is 19.9 Å². The van der Waals surface area contributed by atoms with Gasteiger partial charge in [0.2, 0.25) is 0 Å². The molecule has 0 bridgehead atoms. The zero-order chi connectivity index (χ0) is 13.3. The Hall–Kier alpha value is -2.30. The first-order chi connectivity index (χ1) is 8.49. The van der Waals surface area contributed by atoms with Gasteiger partial charge in [0.1, 0.15) is 5.75 Å². The minimum absolute atomic E-state index is 0.0980. The van der Waals surface area contributed by atoms with Crippen LogP contribution in [-0.2, 0) is 4.79 Å². The fourth-order valence-corrected chi connectivity index (χ4v) is 2.12. The second-order valence-electron chi connectivity index (χ2n) is 4.22. The van der Waals surface area contributed by atoms with Crippen molar-refractivity contribution in [3.8, 4) is 5.75 Å². The second-order valence-corrected chi connectivity index (χ2v) is 4.22. The quantitative estimate of drug-likeness (QED) is 0.741. The van der Waals surface area contributed by atoms with Crippen molar-refractivity contribution in [3.05, 3.63) is 41.1 Å². The molecule has 0 spiro atoms. The molecule has 3 N–H and O–H groups in total. The van der Waals surface area contributed by atoms with Gasteiger partial charge in [0.25, 0.3) is 0 Å². The number of phenolic OH excluding ortho intramolecular Hbond substituents is 1. The van der Waals surface area contributed by atoms with Crippen LogP contribution in [0.25, 0.3) is 0 Å². The Bertz CT molecular complexity index is 549. The number of rotatable bonds is 2. The lowest BCUT2D eigenvalue weighted by Crippen LogP contribution is -2.44. The van der Waals surface area contributed by atoms with Crippen LogP contribution in [0.1, 0.15) is 25.5 Å². The van der Waals surface area contributed by atoms with E-state index in [2.05, 4.69) is 10.6 Å². The maximum absolute atomic E-state index is 11.7. The van der Waals surface area contributed by atoms with Gasteiger partial charge in [-0.15, -0.1) is 0 Å². The molecule has 1 atom stereocenters. The molecule has 1 heterocycles. The third-order valence-electron chi connectivity index (χ3n) is 2.85. The van der Waals surface area contributed by atoms with Crippen LogP contribution in [0.15, 0.2) is 35.5 Å². The van der Waals surface area contributed by atoms with Crippen molar-refractivity contribution in [1.29, 1.82) is 0 Å². The van der Waals surface area contributed by atoms with Crippen LogP contribution in [0.2, 0.25) is 0 Å². The first-order valence-electron chi connectivity index (χ1n) is 5.57. The highest BCUT2D eigenvalue weighted by atomic mass is 16.3. The molecule has 2 rings (SSSR count). The molecule has 0 unspecified atom stereocenters. The number of urea groups is 1. The van der Waals surface area contributed by atoms with Crippen molar-refractivity contribution < 1.29 is 14.7 Å². The number of carbonyl (C=O) groups excluding carboxylic acids is 2. The van der Waals surface area contributed by atoms with Crippen LogP contribution in [0.3, 0.4) is 0 Å². The van der Waals surface area contributed by atoms with E-state index in [1.807, 2.05) is 0 Å². The van der Waals surface area contributed by atoms with E-state index in [1.165, 1.54) is 19.1 Å². The van der Waals surface area contributed by atoms with E-state index in [-0.39, 0.29) is 17.6 Å². The average molecular weight is 246 g/mol. The molecule has 94 valence electrons. The van der Waals surface area contributed by atoms with Crippen molar-refractivity contribution >= 4 is 11.8 Å².